The molecule has 0 fully saturated rings. The highest BCUT2D eigenvalue weighted by molar-refractivity contribution is 5.56. The van der Waals surface area contributed by atoms with E-state index in [9.17, 15) is 0 Å². The van der Waals surface area contributed by atoms with Crippen LogP contribution < -0.4 is 10.6 Å². The zero-order chi connectivity index (χ0) is 12.1. The molecule has 0 aromatic heterocycles. The number of hydrogen-bond donors (Lipinski definition) is 1. The average molecular weight is 220 g/mol. The molecule has 0 amide bonds. The van der Waals surface area contributed by atoms with Crippen molar-refractivity contribution in [3.05, 3.63) is 29.3 Å². The molecule has 0 aliphatic carbocycles. The predicted molar refractivity (Wildman–Crippen MR) is 71.8 cm³/mol. The van der Waals surface area contributed by atoms with Gasteiger partial charge in [-0.1, -0.05) is 19.1 Å². The predicted octanol–water partition coefficient (Wildman–Crippen LogP) is 3.08. The Morgan fingerprint density at radius 1 is 1.31 bits per heavy atom. The highest BCUT2D eigenvalue weighted by Crippen LogP contribution is 2.24. The van der Waals surface area contributed by atoms with Crippen LogP contribution in [0.3, 0.4) is 0 Å². The Hall–Kier alpha value is -1.02. The molecule has 16 heavy (non-hydrogen) atoms. The molecule has 1 unspecified atom stereocenters. The maximum Gasteiger partial charge on any atom is 0.0416 e. The second-order valence-corrected chi connectivity index (χ2v) is 4.38. The van der Waals surface area contributed by atoms with Crippen molar-refractivity contribution < 1.29 is 0 Å². The van der Waals surface area contributed by atoms with Gasteiger partial charge in [-0.25, -0.2) is 0 Å². The molecule has 1 aromatic carbocycles. The Balaban J connectivity index is 3.11. The van der Waals surface area contributed by atoms with E-state index in [1.54, 1.807) is 0 Å². The minimum atomic E-state index is 0.567. The van der Waals surface area contributed by atoms with Gasteiger partial charge in [-0.15, -0.1) is 0 Å². The lowest BCUT2D eigenvalue weighted by atomic mass is 10.1. The second-order valence-electron chi connectivity index (χ2n) is 4.38. The molecule has 1 rings (SSSR count). The van der Waals surface area contributed by atoms with Crippen LogP contribution >= 0.6 is 0 Å². The van der Waals surface area contributed by atoms with Crippen molar-refractivity contribution in [2.45, 2.75) is 46.7 Å². The summed E-state index contributed by atoms with van der Waals surface area (Å²) in [5.41, 5.74) is 9.66. The number of rotatable bonds is 5. The van der Waals surface area contributed by atoms with Crippen molar-refractivity contribution in [1.82, 2.24) is 0 Å². The third kappa shape index (κ3) is 2.76. The van der Waals surface area contributed by atoms with E-state index < -0.39 is 0 Å². The van der Waals surface area contributed by atoms with Gasteiger partial charge in [0.05, 0.1) is 0 Å². The first kappa shape index (κ1) is 13.0. The molecule has 1 aromatic rings. The maximum atomic E-state index is 5.81. The van der Waals surface area contributed by atoms with Crippen molar-refractivity contribution in [2.75, 3.05) is 11.4 Å². The SMILES string of the molecule is CCC(C)N(CC)c1cc(C)ccc1CN. The monoisotopic (exact) mass is 220 g/mol. The summed E-state index contributed by atoms with van der Waals surface area (Å²) in [7, 11) is 0. The summed E-state index contributed by atoms with van der Waals surface area (Å²) in [6, 6.07) is 7.10. The molecule has 0 saturated carbocycles. The number of aryl methyl sites for hydroxylation is 1. The molecule has 0 spiro atoms. The zero-order valence-corrected chi connectivity index (χ0v) is 11.0. The van der Waals surface area contributed by atoms with E-state index in [4.69, 9.17) is 5.73 Å². The molecule has 2 nitrogen and oxygen atoms in total. The van der Waals surface area contributed by atoms with Crippen LogP contribution in [0.2, 0.25) is 0 Å². The Morgan fingerprint density at radius 2 is 2.00 bits per heavy atom. The van der Waals surface area contributed by atoms with E-state index in [0.717, 1.165) is 13.0 Å². The van der Waals surface area contributed by atoms with Gasteiger partial charge in [-0.3, -0.25) is 0 Å². The Bertz CT molecular complexity index is 334. The van der Waals surface area contributed by atoms with E-state index in [0.29, 0.717) is 12.6 Å². The largest absolute Gasteiger partial charge is 0.369 e. The zero-order valence-electron chi connectivity index (χ0n) is 11.0. The molecule has 0 aliphatic rings. The van der Waals surface area contributed by atoms with Crippen LogP contribution in [-0.2, 0) is 6.54 Å². The summed E-state index contributed by atoms with van der Waals surface area (Å²) in [5, 5.41) is 0. The summed E-state index contributed by atoms with van der Waals surface area (Å²) in [4.78, 5) is 2.44. The van der Waals surface area contributed by atoms with E-state index in [-0.39, 0.29) is 0 Å². The fraction of sp³-hybridized carbons (Fsp3) is 0.571. The second kappa shape index (κ2) is 5.90. The molecule has 0 saturated heterocycles. The van der Waals surface area contributed by atoms with Crippen molar-refractivity contribution >= 4 is 5.69 Å². The summed E-state index contributed by atoms with van der Waals surface area (Å²) in [5.74, 6) is 0. The van der Waals surface area contributed by atoms with Crippen LogP contribution in [0.4, 0.5) is 5.69 Å². The summed E-state index contributed by atoms with van der Waals surface area (Å²) in [6.07, 6.45) is 1.16. The van der Waals surface area contributed by atoms with Crippen LogP contribution in [0.15, 0.2) is 18.2 Å². The Morgan fingerprint density at radius 3 is 2.50 bits per heavy atom. The first-order valence-corrected chi connectivity index (χ1v) is 6.20. The summed E-state index contributed by atoms with van der Waals surface area (Å²) >= 11 is 0. The first-order valence-electron chi connectivity index (χ1n) is 6.20. The van der Waals surface area contributed by atoms with Crippen molar-refractivity contribution in [1.29, 1.82) is 0 Å². The Kier molecular flexibility index (Phi) is 4.81. The molecule has 0 aliphatic heterocycles. The molecule has 0 heterocycles. The Labute approximate surface area is 99.5 Å². The minimum Gasteiger partial charge on any atom is -0.369 e. The van der Waals surface area contributed by atoms with Crippen LogP contribution in [0.1, 0.15) is 38.3 Å². The van der Waals surface area contributed by atoms with Gasteiger partial charge >= 0.3 is 0 Å². The summed E-state index contributed by atoms with van der Waals surface area (Å²) in [6.45, 7) is 10.5. The number of nitrogens with two attached hydrogens (primary N) is 1. The smallest absolute Gasteiger partial charge is 0.0416 e. The quantitative estimate of drug-likeness (QED) is 0.826. The average Bonchev–Trinajstić information content (AvgIpc) is 2.30. The molecule has 1 atom stereocenters. The standard InChI is InChI=1S/C14H24N2/c1-5-12(4)16(6-2)14-9-11(3)7-8-13(14)10-15/h7-9,12H,5-6,10,15H2,1-4H3. The lowest BCUT2D eigenvalue weighted by Gasteiger charge is -2.31. The molecule has 0 radical (unpaired) electrons. The highest BCUT2D eigenvalue weighted by atomic mass is 15.2. The topological polar surface area (TPSA) is 29.3 Å². The van der Waals surface area contributed by atoms with Gasteiger partial charge in [-0.05, 0) is 44.4 Å². The highest BCUT2D eigenvalue weighted by Gasteiger charge is 2.14. The number of nitrogens with zero attached hydrogens (tertiary/aromatic N) is 1. The minimum absolute atomic E-state index is 0.567. The fourth-order valence-corrected chi connectivity index (χ4v) is 2.05. The molecule has 0 bridgehead atoms. The molecular formula is C14H24N2. The van der Waals surface area contributed by atoms with Crippen molar-refractivity contribution in [3.63, 3.8) is 0 Å². The third-order valence-corrected chi connectivity index (χ3v) is 3.23. The lowest BCUT2D eigenvalue weighted by Crippen LogP contribution is -2.33. The number of benzene rings is 1. The molecular weight excluding hydrogens is 196 g/mol. The molecule has 90 valence electrons. The lowest BCUT2D eigenvalue weighted by molar-refractivity contribution is 0.627. The first-order chi connectivity index (χ1) is 7.63. The molecule has 2 heteroatoms. The van der Waals surface area contributed by atoms with Crippen LogP contribution in [0, 0.1) is 6.92 Å². The fourth-order valence-electron chi connectivity index (χ4n) is 2.05. The van der Waals surface area contributed by atoms with E-state index >= 15 is 0 Å². The van der Waals surface area contributed by atoms with Crippen LogP contribution in [0.5, 0.6) is 0 Å². The van der Waals surface area contributed by atoms with Gasteiger partial charge in [0.15, 0.2) is 0 Å². The third-order valence-electron chi connectivity index (χ3n) is 3.23. The van der Waals surface area contributed by atoms with E-state index in [1.165, 1.54) is 16.8 Å². The van der Waals surface area contributed by atoms with Crippen LogP contribution in [-0.4, -0.2) is 12.6 Å². The van der Waals surface area contributed by atoms with Crippen molar-refractivity contribution in [2.24, 2.45) is 5.73 Å². The van der Waals surface area contributed by atoms with Gasteiger partial charge in [0, 0.05) is 24.8 Å². The number of anilines is 1. The van der Waals surface area contributed by atoms with Gasteiger partial charge < -0.3 is 10.6 Å². The van der Waals surface area contributed by atoms with Gasteiger partial charge in [0.1, 0.15) is 0 Å². The molecule has 2 N–H and O–H groups in total. The van der Waals surface area contributed by atoms with E-state index in [1.807, 2.05) is 0 Å². The maximum absolute atomic E-state index is 5.81. The van der Waals surface area contributed by atoms with Gasteiger partial charge in [-0.2, -0.15) is 0 Å². The summed E-state index contributed by atoms with van der Waals surface area (Å²) < 4.78 is 0. The number of hydrogen-bond acceptors (Lipinski definition) is 2. The normalized spacial score (nSPS) is 12.6. The van der Waals surface area contributed by atoms with E-state index in [2.05, 4.69) is 50.8 Å². The van der Waals surface area contributed by atoms with Crippen molar-refractivity contribution in [3.8, 4) is 0 Å². The van der Waals surface area contributed by atoms with Gasteiger partial charge in [0.25, 0.3) is 0 Å². The van der Waals surface area contributed by atoms with Crippen LogP contribution in [0.25, 0.3) is 0 Å². The van der Waals surface area contributed by atoms with Gasteiger partial charge in [0.2, 0.25) is 0 Å².